The second kappa shape index (κ2) is 6.66. The van der Waals surface area contributed by atoms with E-state index in [2.05, 4.69) is 19.8 Å². The minimum atomic E-state index is -3.17. The standard InChI is InChI=1S/C17H17F2N5O2/c1-17(18,19)16-21-14(22-26-16)12-6-4-11(5-7-12)9-24-10-13(8-20-24)15(25)23(2)3/h4-8,10H,9H2,1-3H3. The lowest BCUT2D eigenvalue weighted by atomic mass is 10.1. The Morgan fingerprint density at radius 1 is 1.27 bits per heavy atom. The summed E-state index contributed by atoms with van der Waals surface area (Å²) in [7, 11) is 3.35. The molecule has 26 heavy (non-hydrogen) atoms. The maximum atomic E-state index is 13.2. The number of hydrogen-bond donors (Lipinski definition) is 0. The zero-order valence-electron chi connectivity index (χ0n) is 14.5. The first-order chi connectivity index (χ1) is 12.2. The van der Waals surface area contributed by atoms with Crippen molar-refractivity contribution in [1.82, 2.24) is 24.8 Å². The molecule has 0 unspecified atom stereocenters. The fourth-order valence-electron chi connectivity index (χ4n) is 2.28. The molecule has 3 rings (SSSR count). The van der Waals surface area contributed by atoms with Gasteiger partial charge in [0.25, 0.3) is 11.8 Å². The molecule has 136 valence electrons. The van der Waals surface area contributed by atoms with Gasteiger partial charge in [0, 0.05) is 32.8 Å². The number of alkyl halides is 2. The Hall–Kier alpha value is -3.10. The Kier molecular flexibility index (Phi) is 4.54. The highest BCUT2D eigenvalue weighted by Crippen LogP contribution is 2.27. The quantitative estimate of drug-likeness (QED) is 0.698. The predicted octanol–water partition coefficient (Wildman–Crippen LogP) is 2.79. The number of carbonyl (C=O) groups excluding carboxylic acids is 1. The summed E-state index contributed by atoms with van der Waals surface area (Å²) >= 11 is 0. The number of halogens is 2. The first-order valence-corrected chi connectivity index (χ1v) is 7.79. The van der Waals surface area contributed by atoms with Gasteiger partial charge in [-0.1, -0.05) is 29.4 Å². The van der Waals surface area contributed by atoms with E-state index in [0.29, 0.717) is 24.6 Å². The van der Waals surface area contributed by atoms with Crippen LogP contribution in [0, 0.1) is 0 Å². The average Bonchev–Trinajstić information content (AvgIpc) is 3.24. The van der Waals surface area contributed by atoms with Gasteiger partial charge in [-0.05, 0) is 5.56 Å². The van der Waals surface area contributed by atoms with Crippen molar-refractivity contribution >= 4 is 5.91 Å². The van der Waals surface area contributed by atoms with E-state index >= 15 is 0 Å². The van der Waals surface area contributed by atoms with Crippen LogP contribution in [0.2, 0.25) is 0 Å². The fraction of sp³-hybridized carbons (Fsp3) is 0.294. The summed E-state index contributed by atoms with van der Waals surface area (Å²) in [4.78, 5) is 17.1. The molecule has 0 aliphatic rings. The van der Waals surface area contributed by atoms with Crippen molar-refractivity contribution in [2.24, 2.45) is 0 Å². The molecule has 1 aromatic carbocycles. The first kappa shape index (κ1) is 17.7. The van der Waals surface area contributed by atoms with Crippen LogP contribution in [0.15, 0.2) is 41.2 Å². The number of aromatic nitrogens is 4. The second-order valence-corrected chi connectivity index (χ2v) is 6.13. The highest BCUT2D eigenvalue weighted by Gasteiger charge is 2.32. The Morgan fingerprint density at radius 3 is 2.54 bits per heavy atom. The molecule has 0 aliphatic heterocycles. The predicted molar refractivity (Wildman–Crippen MR) is 88.6 cm³/mol. The maximum absolute atomic E-state index is 13.2. The van der Waals surface area contributed by atoms with E-state index in [-0.39, 0.29) is 11.7 Å². The second-order valence-electron chi connectivity index (χ2n) is 6.13. The van der Waals surface area contributed by atoms with E-state index in [4.69, 9.17) is 0 Å². The molecule has 0 fully saturated rings. The van der Waals surface area contributed by atoms with E-state index in [1.165, 1.54) is 11.1 Å². The molecule has 0 N–H and O–H groups in total. The van der Waals surface area contributed by atoms with Crippen molar-refractivity contribution in [2.75, 3.05) is 14.1 Å². The zero-order valence-corrected chi connectivity index (χ0v) is 14.5. The van der Waals surface area contributed by atoms with Gasteiger partial charge < -0.3 is 9.42 Å². The fourth-order valence-corrected chi connectivity index (χ4v) is 2.28. The van der Waals surface area contributed by atoms with E-state index < -0.39 is 11.8 Å². The van der Waals surface area contributed by atoms with E-state index in [1.54, 1.807) is 37.1 Å². The summed E-state index contributed by atoms with van der Waals surface area (Å²) in [6, 6.07) is 7.05. The summed E-state index contributed by atoms with van der Waals surface area (Å²) in [6.45, 7) is 1.16. The van der Waals surface area contributed by atoms with Crippen LogP contribution in [-0.4, -0.2) is 44.8 Å². The van der Waals surface area contributed by atoms with Crippen molar-refractivity contribution in [3.8, 4) is 11.4 Å². The number of rotatable bonds is 5. The molecule has 0 spiro atoms. The molecule has 9 heteroatoms. The minimum absolute atomic E-state index is 0.103. The summed E-state index contributed by atoms with van der Waals surface area (Å²) < 4.78 is 32.6. The summed E-state index contributed by atoms with van der Waals surface area (Å²) in [6.07, 6.45) is 3.19. The lowest BCUT2D eigenvalue weighted by Crippen LogP contribution is -2.21. The van der Waals surface area contributed by atoms with Gasteiger partial charge >= 0.3 is 5.92 Å². The van der Waals surface area contributed by atoms with Crippen LogP contribution in [0.1, 0.15) is 28.7 Å². The summed E-state index contributed by atoms with van der Waals surface area (Å²) in [5.41, 5.74) is 1.99. The van der Waals surface area contributed by atoms with Gasteiger partial charge in [-0.25, -0.2) is 0 Å². The molecule has 0 saturated heterocycles. The SMILES string of the molecule is CN(C)C(=O)c1cnn(Cc2ccc(-c3noc(C(C)(F)F)n3)cc2)c1. The van der Waals surface area contributed by atoms with Gasteiger partial charge in [0.15, 0.2) is 0 Å². The van der Waals surface area contributed by atoms with E-state index in [1.807, 2.05) is 12.1 Å². The lowest BCUT2D eigenvalue weighted by molar-refractivity contribution is -0.0158. The van der Waals surface area contributed by atoms with Crippen LogP contribution in [0.25, 0.3) is 11.4 Å². The molecule has 2 aromatic heterocycles. The van der Waals surface area contributed by atoms with Crippen LogP contribution in [0.3, 0.4) is 0 Å². The number of amides is 1. The molecule has 2 heterocycles. The molecule has 0 bridgehead atoms. The van der Waals surface area contributed by atoms with Crippen LogP contribution in [-0.2, 0) is 12.5 Å². The number of hydrogen-bond acceptors (Lipinski definition) is 5. The molecular formula is C17H17F2N5O2. The van der Waals surface area contributed by atoms with Gasteiger partial charge in [-0.15, -0.1) is 0 Å². The lowest BCUT2D eigenvalue weighted by Gasteiger charge is -2.07. The average molecular weight is 361 g/mol. The molecule has 0 saturated carbocycles. The van der Waals surface area contributed by atoms with E-state index in [9.17, 15) is 13.6 Å². The van der Waals surface area contributed by atoms with Crippen LogP contribution >= 0.6 is 0 Å². The third-order valence-electron chi connectivity index (χ3n) is 3.64. The monoisotopic (exact) mass is 361 g/mol. The molecule has 0 radical (unpaired) electrons. The van der Waals surface area contributed by atoms with E-state index in [0.717, 1.165) is 5.56 Å². The number of benzene rings is 1. The highest BCUT2D eigenvalue weighted by molar-refractivity contribution is 5.93. The Bertz CT molecular complexity index is 910. The summed E-state index contributed by atoms with van der Waals surface area (Å²) in [5.74, 6) is -3.91. The Balaban J connectivity index is 1.72. The molecule has 3 aromatic rings. The molecule has 1 amide bonds. The van der Waals surface area contributed by atoms with Crippen molar-refractivity contribution in [3.05, 3.63) is 53.7 Å². The van der Waals surface area contributed by atoms with Gasteiger partial charge in [0.05, 0.1) is 18.3 Å². The van der Waals surface area contributed by atoms with Crippen LogP contribution < -0.4 is 0 Å². The van der Waals surface area contributed by atoms with Crippen molar-refractivity contribution in [3.63, 3.8) is 0 Å². The van der Waals surface area contributed by atoms with Gasteiger partial charge in [0.2, 0.25) is 5.82 Å². The van der Waals surface area contributed by atoms with Gasteiger partial charge in [-0.3, -0.25) is 9.48 Å². The number of carbonyl (C=O) groups is 1. The molecule has 7 nitrogen and oxygen atoms in total. The number of nitrogens with zero attached hydrogens (tertiary/aromatic N) is 5. The zero-order chi connectivity index (χ0) is 18.9. The maximum Gasteiger partial charge on any atom is 0.322 e. The topological polar surface area (TPSA) is 77.0 Å². The first-order valence-electron chi connectivity index (χ1n) is 7.79. The van der Waals surface area contributed by atoms with Gasteiger partial charge in [0.1, 0.15) is 0 Å². The largest absolute Gasteiger partial charge is 0.345 e. The molecular weight excluding hydrogens is 344 g/mol. The third kappa shape index (κ3) is 3.76. The normalized spacial score (nSPS) is 11.6. The van der Waals surface area contributed by atoms with Crippen molar-refractivity contribution < 1.29 is 18.1 Å². The Morgan fingerprint density at radius 2 is 1.96 bits per heavy atom. The smallest absolute Gasteiger partial charge is 0.322 e. The van der Waals surface area contributed by atoms with Gasteiger partial charge in [-0.2, -0.15) is 18.9 Å². The highest BCUT2D eigenvalue weighted by atomic mass is 19.3. The summed E-state index contributed by atoms with van der Waals surface area (Å²) in [5, 5.41) is 7.75. The molecule has 0 atom stereocenters. The van der Waals surface area contributed by atoms with Crippen molar-refractivity contribution in [1.29, 1.82) is 0 Å². The van der Waals surface area contributed by atoms with Crippen LogP contribution in [0.5, 0.6) is 0 Å². The van der Waals surface area contributed by atoms with Crippen LogP contribution in [0.4, 0.5) is 8.78 Å². The van der Waals surface area contributed by atoms with Crippen molar-refractivity contribution in [2.45, 2.75) is 19.4 Å². The minimum Gasteiger partial charge on any atom is -0.345 e. The molecule has 0 aliphatic carbocycles. The third-order valence-corrected chi connectivity index (χ3v) is 3.64. The Labute approximate surface area is 148 Å².